The van der Waals surface area contributed by atoms with E-state index in [-0.39, 0.29) is 23.4 Å². The number of carboxylic acids is 1. The summed E-state index contributed by atoms with van der Waals surface area (Å²) < 4.78 is 21.1. The van der Waals surface area contributed by atoms with E-state index in [1.54, 1.807) is 0 Å². The lowest BCUT2D eigenvalue weighted by Gasteiger charge is -2.14. The van der Waals surface area contributed by atoms with Crippen LogP contribution in [-0.2, 0) is 11.4 Å². The van der Waals surface area contributed by atoms with Gasteiger partial charge in [-0.05, 0) is 63.0 Å². The predicted molar refractivity (Wildman–Crippen MR) is 112 cm³/mol. The first kappa shape index (κ1) is 22.4. The maximum atomic E-state index is 14.5. The number of anilines is 1. The molecular weight excluding hydrogens is 522 g/mol. The van der Waals surface area contributed by atoms with Crippen LogP contribution in [0.2, 0.25) is 5.02 Å². The lowest BCUT2D eigenvalue weighted by atomic mass is 10.2. The Balaban J connectivity index is 2.19. The maximum Gasteiger partial charge on any atom is 0.322 e. The van der Waals surface area contributed by atoms with Crippen molar-refractivity contribution in [2.75, 3.05) is 18.4 Å². The third-order valence-electron chi connectivity index (χ3n) is 3.51. The molecule has 0 unspecified atom stereocenters. The molecule has 0 fully saturated rings. The second-order valence-corrected chi connectivity index (χ2v) is 7.74. The smallest absolute Gasteiger partial charge is 0.322 e. The van der Waals surface area contributed by atoms with Crippen molar-refractivity contribution in [1.29, 1.82) is 0 Å². The summed E-state index contributed by atoms with van der Waals surface area (Å²) in [6.45, 7) is 1.81. The normalized spacial score (nSPS) is 10.5. The molecular formula is C18H16Br2ClFN2O4. The van der Waals surface area contributed by atoms with Crippen LogP contribution >= 0.6 is 43.5 Å². The average molecular weight is 539 g/mol. The van der Waals surface area contributed by atoms with Crippen LogP contribution in [0.3, 0.4) is 0 Å². The quantitative estimate of drug-likeness (QED) is 0.448. The van der Waals surface area contributed by atoms with Crippen molar-refractivity contribution in [1.82, 2.24) is 5.32 Å². The Labute approximate surface area is 182 Å². The Hall–Kier alpha value is -1.84. The molecule has 2 aromatic carbocycles. The summed E-state index contributed by atoms with van der Waals surface area (Å²) in [6.07, 6.45) is 0. The zero-order valence-corrected chi connectivity index (χ0v) is 18.5. The van der Waals surface area contributed by atoms with Crippen molar-refractivity contribution in [2.24, 2.45) is 0 Å². The maximum absolute atomic E-state index is 14.5. The van der Waals surface area contributed by atoms with Gasteiger partial charge in [0.15, 0.2) is 5.82 Å². The number of hydrogen-bond acceptors (Lipinski definition) is 4. The van der Waals surface area contributed by atoms with Gasteiger partial charge in [0, 0.05) is 22.7 Å². The molecule has 0 saturated carbocycles. The Kier molecular flexibility index (Phi) is 8.09. The molecule has 2 aromatic rings. The van der Waals surface area contributed by atoms with Crippen molar-refractivity contribution in [2.45, 2.75) is 13.5 Å². The summed E-state index contributed by atoms with van der Waals surface area (Å²) in [5.74, 6) is -1.79. The number of ether oxygens (including phenoxy) is 1. The molecule has 10 heteroatoms. The van der Waals surface area contributed by atoms with Crippen molar-refractivity contribution in [3.8, 4) is 5.75 Å². The van der Waals surface area contributed by atoms with E-state index in [9.17, 15) is 14.0 Å². The second kappa shape index (κ2) is 10.1. The predicted octanol–water partition coefficient (Wildman–Crippen LogP) is 4.83. The van der Waals surface area contributed by atoms with Crippen LogP contribution in [0.15, 0.2) is 33.2 Å². The monoisotopic (exact) mass is 536 g/mol. The third-order valence-corrected chi connectivity index (χ3v) is 4.91. The number of carboxylic acid groups (broad SMARTS) is 1. The molecule has 0 aromatic heterocycles. The lowest BCUT2D eigenvalue weighted by Crippen LogP contribution is -2.29. The number of carbonyl (C=O) groups excluding carboxylic acids is 1. The number of carbonyl (C=O) groups is 2. The minimum absolute atomic E-state index is 0.0907. The van der Waals surface area contributed by atoms with Gasteiger partial charge < -0.3 is 20.5 Å². The summed E-state index contributed by atoms with van der Waals surface area (Å²) in [4.78, 5) is 22.6. The minimum Gasteiger partial charge on any atom is -0.486 e. The summed E-state index contributed by atoms with van der Waals surface area (Å²) in [7, 11) is 0. The van der Waals surface area contributed by atoms with Crippen LogP contribution in [0.4, 0.5) is 10.1 Å². The minimum atomic E-state index is -1.15. The molecule has 1 amide bonds. The molecule has 6 nitrogen and oxygen atoms in total. The van der Waals surface area contributed by atoms with Crippen molar-refractivity contribution in [3.05, 3.63) is 55.2 Å². The SMILES string of the molecule is CCNc1cc(Cl)cc(COc2c(Br)cc(C(=O)NCC(=O)O)cc2Br)c1F. The molecule has 0 radical (unpaired) electrons. The molecule has 0 spiro atoms. The number of aliphatic carboxylic acids is 1. The standard InChI is InChI=1S/C18H16Br2ClFN2O4/c1-2-23-14-6-11(21)3-10(16(14)22)8-28-17-12(19)4-9(5-13(17)20)18(27)24-7-15(25)26/h3-6,23H,2,7-8H2,1H3,(H,24,27)(H,25,26). The molecule has 0 saturated heterocycles. The summed E-state index contributed by atoms with van der Waals surface area (Å²) >= 11 is 12.7. The van der Waals surface area contributed by atoms with Gasteiger partial charge in [-0.3, -0.25) is 9.59 Å². The van der Waals surface area contributed by atoms with E-state index in [0.29, 0.717) is 26.3 Å². The van der Waals surface area contributed by atoms with E-state index in [1.165, 1.54) is 24.3 Å². The van der Waals surface area contributed by atoms with Crippen LogP contribution < -0.4 is 15.4 Å². The number of nitrogens with one attached hydrogen (secondary N) is 2. The van der Waals surface area contributed by atoms with Crippen LogP contribution in [-0.4, -0.2) is 30.1 Å². The molecule has 0 aliphatic heterocycles. The van der Waals surface area contributed by atoms with Gasteiger partial charge in [0.2, 0.25) is 0 Å². The first-order chi connectivity index (χ1) is 13.2. The molecule has 150 valence electrons. The van der Waals surface area contributed by atoms with E-state index >= 15 is 0 Å². The zero-order valence-electron chi connectivity index (χ0n) is 14.6. The Morgan fingerprint density at radius 3 is 2.43 bits per heavy atom. The van der Waals surface area contributed by atoms with Crippen LogP contribution in [0, 0.1) is 5.82 Å². The largest absolute Gasteiger partial charge is 0.486 e. The molecule has 0 atom stereocenters. The topological polar surface area (TPSA) is 87.7 Å². The Bertz CT molecular complexity index is 888. The highest BCUT2D eigenvalue weighted by molar-refractivity contribution is 9.11. The van der Waals surface area contributed by atoms with E-state index in [4.69, 9.17) is 21.4 Å². The van der Waals surface area contributed by atoms with Gasteiger partial charge in [-0.15, -0.1) is 0 Å². The van der Waals surface area contributed by atoms with Crippen LogP contribution in [0.1, 0.15) is 22.8 Å². The van der Waals surface area contributed by atoms with Crippen LogP contribution in [0.25, 0.3) is 0 Å². The lowest BCUT2D eigenvalue weighted by molar-refractivity contribution is -0.135. The highest BCUT2D eigenvalue weighted by Crippen LogP contribution is 2.36. The number of benzene rings is 2. The zero-order chi connectivity index (χ0) is 20.8. The Morgan fingerprint density at radius 1 is 1.21 bits per heavy atom. The highest BCUT2D eigenvalue weighted by Gasteiger charge is 2.16. The van der Waals surface area contributed by atoms with Gasteiger partial charge >= 0.3 is 5.97 Å². The average Bonchev–Trinajstić information content (AvgIpc) is 2.62. The van der Waals surface area contributed by atoms with Crippen LogP contribution in [0.5, 0.6) is 5.75 Å². The van der Waals surface area contributed by atoms with Gasteiger partial charge in [0.1, 0.15) is 18.9 Å². The first-order valence-corrected chi connectivity index (χ1v) is 10.0. The third kappa shape index (κ3) is 5.83. The van der Waals surface area contributed by atoms with Gasteiger partial charge in [-0.25, -0.2) is 4.39 Å². The molecule has 3 N–H and O–H groups in total. The number of halogens is 4. The fraction of sp³-hybridized carbons (Fsp3) is 0.222. The van der Waals surface area contributed by atoms with E-state index in [2.05, 4.69) is 42.5 Å². The Morgan fingerprint density at radius 2 is 1.86 bits per heavy atom. The van der Waals surface area contributed by atoms with E-state index in [0.717, 1.165) is 0 Å². The molecule has 2 rings (SSSR count). The summed E-state index contributed by atoms with van der Waals surface area (Å²) in [6, 6.07) is 5.94. The molecule has 0 heterocycles. The number of amides is 1. The molecule has 0 bridgehead atoms. The number of rotatable bonds is 8. The summed E-state index contributed by atoms with van der Waals surface area (Å²) in [5.41, 5.74) is 0.790. The molecule has 28 heavy (non-hydrogen) atoms. The summed E-state index contributed by atoms with van der Waals surface area (Å²) in [5, 5.41) is 14.2. The first-order valence-electron chi connectivity index (χ1n) is 8.06. The molecule has 0 aliphatic rings. The van der Waals surface area contributed by atoms with Gasteiger partial charge in [0.25, 0.3) is 5.91 Å². The van der Waals surface area contributed by atoms with Crippen molar-refractivity contribution in [3.63, 3.8) is 0 Å². The fourth-order valence-corrected chi connectivity index (χ4v) is 3.96. The van der Waals surface area contributed by atoms with E-state index < -0.39 is 24.2 Å². The van der Waals surface area contributed by atoms with E-state index in [1.807, 2.05) is 6.92 Å². The van der Waals surface area contributed by atoms with Crippen molar-refractivity contribution >= 4 is 61.0 Å². The van der Waals surface area contributed by atoms with Gasteiger partial charge in [-0.2, -0.15) is 0 Å². The second-order valence-electron chi connectivity index (χ2n) is 5.59. The van der Waals surface area contributed by atoms with Crippen molar-refractivity contribution < 1.29 is 23.8 Å². The fourth-order valence-electron chi connectivity index (χ4n) is 2.31. The molecule has 0 aliphatic carbocycles. The van der Waals surface area contributed by atoms with Gasteiger partial charge in [0.05, 0.1) is 14.6 Å². The highest BCUT2D eigenvalue weighted by atomic mass is 79.9. The van der Waals surface area contributed by atoms with Gasteiger partial charge in [-0.1, -0.05) is 11.6 Å². The number of hydrogen-bond donors (Lipinski definition) is 3.